The number of hydrogen-bond donors (Lipinski definition) is 0. The lowest BCUT2D eigenvalue weighted by atomic mass is 9.86. The molecule has 2 aromatic heterocycles. The van der Waals surface area contributed by atoms with Gasteiger partial charge < -0.3 is 4.90 Å². The number of pyridine rings is 1. The predicted octanol–water partition coefficient (Wildman–Crippen LogP) is 3.25. The van der Waals surface area contributed by atoms with E-state index in [2.05, 4.69) is 16.0 Å². The van der Waals surface area contributed by atoms with Crippen molar-refractivity contribution in [3.05, 3.63) is 24.0 Å². The molecule has 1 aliphatic heterocycles. The minimum atomic E-state index is 0.264. The number of likely N-dealkylation sites (tertiary alicyclic amines) is 1. The Labute approximate surface area is 143 Å². The van der Waals surface area contributed by atoms with Gasteiger partial charge in [-0.2, -0.15) is 5.10 Å². The van der Waals surface area contributed by atoms with Gasteiger partial charge in [0.25, 0.3) is 0 Å². The van der Waals surface area contributed by atoms with E-state index in [4.69, 9.17) is 5.10 Å². The van der Waals surface area contributed by atoms with Gasteiger partial charge in [-0.05, 0) is 37.8 Å². The molecule has 0 spiro atoms. The number of carbonyl (C=O) groups is 1. The molecule has 2 fully saturated rings. The van der Waals surface area contributed by atoms with Crippen molar-refractivity contribution in [2.45, 2.75) is 50.9 Å². The topological polar surface area (TPSA) is 51.0 Å². The quantitative estimate of drug-likeness (QED) is 0.851. The summed E-state index contributed by atoms with van der Waals surface area (Å²) in [6.07, 6.45) is 9.87. The fourth-order valence-corrected chi connectivity index (χ4v) is 4.43. The van der Waals surface area contributed by atoms with Crippen LogP contribution in [0.25, 0.3) is 11.0 Å². The summed E-state index contributed by atoms with van der Waals surface area (Å²) in [6.45, 7) is 1.73. The third-order valence-electron chi connectivity index (χ3n) is 5.70. The van der Waals surface area contributed by atoms with Crippen LogP contribution in [0.5, 0.6) is 0 Å². The Balaban J connectivity index is 1.55. The molecular formula is C19H26N4O. The maximum absolute atomic E-state index is 12.9. The smallest absolute Gasteiger partial charge is 0.225 e. The Morgan fingerprint density at radius 1 is 1.17 bits per heavy atom. The highest BCUT2D eigenvalue weighted by Gasteiger charge is 2.32. The summed E-state index contributed by atoms with van der Waals surface area (Å²) < 4.78 is 1.87. The number of hydrogen-bond acceptors (Lipinski definition) is 3. The molecule has 3 heterocycles. The Hall–Kier alpha value is -1.91. The van der Waals surface area contributed by atoms with Crippen LogP contribution >= 0.6 is 0 Å². The van der Waals surface area contributed by atoms with Crippen LogP contribution in [0.15, 0.2) is 18.3 Å². The Morgan fingerprint density at radius 3 is 2.83 bits per heavy atom. The molecule has 0 bridgehead atoms. The highest BCUT2D eigenvalue weighted by Crippen LogP contribution is 2.33. The zero-order valence-electron chi connectivity index (χ0n) is 14.4. The van der Waals surface area contributed by atoms with Gasteiger partial charge in [-0.3, -0.25) is 9.48 Å². The number of rotatable bonds is 2. The van der Waals surface area contributed by atoms with Crippen LogP contribution in [0, 0.1) is 5.92 Å². The Bertz CT molecular complexity index is 732. The van der Waals surface area contributed by atoms with Crippen LogP contribution in [-0.2, 0) is 11.8 Å². The first kappa shape index (κ1) is 15.6. The average molecular weight is 326 g/mol. The average Bonchev–Trinajstić information content (AvgIpc) is 2.99. The Kier molecular flexibility index (Phi) is 4.25. The van der Waals surface area contributed by atoms with E-state index in [1.807, 2.05) is 24.0 Å². The van der Waals surface area contributed by atoms with Crippen molar-refractivity contribution >= 4 is 16.9 Å². The third kappa shape index (κ3) is 2.80. The van der Waals surface area contributed by atoms with E-state index in [9.17, 15) is 4.79 Å². The van der Waals surface area contributed by atoms with Crippen molar-refractivity contribution in [1.82, 2.24) is 19.7 Å². The van der Waals surface area contributed by atoms with Crippen molar-refractivity contribution in [3.8, 4) is 0 Å². The van der Waals surface area contributed by atoms with Gasteiger partial charge in [0.1, 0.15) is 0 Å². The zero-order valence-corrected chi connectivity index (χ0v) is 14.4. The van der Waals surface area contributed by atoms with Crippen LogP contribution in [0.3, 0.4) is 0 Å². The van der Waals surface area contributed by atoms with Crippen molar-refractivity contribution < 1.29 is 4.79 Å². The van der Waals surface area contributed by atoms with Crippen LogP contribution in [0.4, 0.5) is 0 Å². The normalized spacial score (nSPS) is 22.9. The molecule has 1 saturated heterocycles. The second kappa shape index (κ2) is 6.54. The lowest BCUT2D eigenvalue weighted by Gasteiger charge is -2.35. The number of nitrogens with zero attached hydrogens (tertiary/aromatic N) is 4. The van der Waals surface area contributed by atoms with Gasteiger partial charge >= 0.3 is 0 Å². The summed E-state index contributed by atoms with van der Waals surface area (Å²) >= 11 is 0. The molecule has 0 N–H and O–H groups in total. The minimum absolute atomic E-state index is 0.264. The van der Waals surface area contributed by atoms with Gasteiger partial charge in [0.2, 0.25) is 5.91 Å². The van der Waals surface area contributed by atoms with E-state index >= 15 is 0 Å². The molecule has 0 radical (unpaired) electrons. The first-order valence-corrected chi connectivity index (χ1v) is 9.30. The van der Waals surface area contributed by atoms with E-state index in [0.29, 0.717) is 11.8 Å². The lowest BCUT2D eigenvalue weighted by Crippen LogP contribution is -2.43. The molecular weight excluding hydrogens is 300 g/mol. The molecule has 2 aliphatic rings. The van der Waals surface area contributed by atoms with E-state index in [1.54, 1.807) is 0 Å². The standard InChI is InChI=1S/C19H26N4O/c1-22-18-16(10-5-11-20-18)17(21-22)15-9-6-12-23(13-15)19(24)14-7-3-2-4-8-14/h5,10-11,14-15H,2-4,6-9,12-13H2,1H3/t15-/m1/s1. The van der Waals surface area contributed by atoms with Gasteiger partial charge in [0.15, 0.2) is 5.65 Å². The van der Waals surface area contributed by atoms with Crippen molar-refractivity contribution in [1.29, 1.82) is 0 Å². The summed E-state index contributed by atoms with van der Waals surface area (Å²) in [4.78, 5) is 19.4. The third-order valence-corrected chi connectivity index (χ3v) is 5.70. The zero-order chi connectivity index (χ0) is 16.5. The van der Waals surface area contributed by atoms with Gasteiger partial charge in [-0.15, -0.1) is 0 Å². The van der Waals surface area contributed by atoms with E-state index in [-0.39, 0.29) is 5.92 Å². The number of amides is 1. The largest absolute Gasteiger partial charge is 0.342 e. The van der Waals surface area contributed by atoms with Crippen LogP contribution < -0.4 is 0 Å². The molecule has 1 amide bonds. The minimum Gasteiger partial charge on any atom is -0.342 e. The summed E-state index contributed by atoms with van der Waals surface area (Å²) in [5.74, 6) is 0.983. The predicted molar refractivity (Wildman–Crippen MR) is 93.6 cm³/mol. The molecule has 0 aromatic carbocycles. The summed E-state index contributed by atoms with van der Waals surface area (Å²) in [5.41, 5.74) is 2.05. The molecule has 1 atom stereocenters. The fourth-order valence-electron chi connectivity index (χ4n) is 4.43. The van der Waals surface area contributed by atoms with Gasteiger partial charge in [0, 0.05) is 43.6 Å². The highest BCUT2D eigenvalue weighted by molar-refractivity contribution is 5.80. The highest BCUT2D eigenvalue weighted by atomic mass is 16.2. The Morgan fingerprint density at radius 2 is 2.00 bits per heavy atom. The number of aromatic nitrogens is 3. The van der Waals surface area contributed by atoms with E-state index in [0.717, 1.165) is 55.5 Å². The van der Waals surface area contributed by atoms with Gasteiger partial charge in [0.05, 0.1) is 5.69 Å². The molecule has 1 saturated carbocycles. The summed E-state index contributed by atoms with van der Waals surface area (Å²) in [7, 11) is 1.95. The number of carbonyl (C=O) groups excluding carboxylic acids is 1. The summed E-state index contributed by atoms with van der Waals surface area (Å²) in [5, 5.41) is 5.87. The van der Waals surface area contributed by atoms with Gasteiger partial charge in [-0.25, -0.2) is 4.98 Å². The molecule has 2 aromatic rings. The number of aryl methyl sites for hydroxylation is 1. The number of fused-ring (bicyclic) bond motifs is 1. The van der Waals surface area contributed by atoms with Crippen LogP contribution in [-0.4, -0.2) is 38.7 Å². The first-order chi connectivity index (χ1) is 11.7. The van der Waals surface area contributed by atoms with Crippen molar-refractivity contribution in [2.75, 3.05) is 13.1 Å². The second-order valence-electron chi connectivity index (χ2n) is 7.34. The van der Waals surface area contributed by atoms with Crippen molar-refractivity contribution in [3.63, 3.8) is 0 Å². The van der Waals surface area contributed by atoms with Crippen molar-refractivity contribution in [2.24, 2.45) is 13.0 Å². The number of piperidine rings is 1. The second-order valence-corrected chi connectivity index (χ2v) is 7.34. The van der Waals surface area contributed by atoms with Crippen LogP contribution in [0.2, 0.25) is 0 Å². The maximum atomic E-state index is 12.9. The summed E-state index contributed by atoms with van der Waals surface area (Å²) in [6, 6.07) is 4.08. The lowest BCUT2D eigenvalue weighted by molar-refractivity contribution is -0.137. The maximum Gasteiger partial charge on any atom is 0.225 e. The fraction of sp³-hybridized carbons (Fsp3) is 0.632. The SMILES string of the molecule is Cn1nc([C@@H]2CCCN(C(=O)C3CCCCC3)C2)c2cccnc21. The molecule has 1 aliphatic carbocycles. The molecule has 5 heteroatoms. The molecule has 0 unspecified atom stereocenters. The van der Waals surface area contributed by atoms with Gasteiger partial charge in [-0.1, -0.05) is 19.3 Å². The van der Waals surface area contributed by atoms with Crippen LogP contribution in [0.1, 0.15) is 56.6 Å². The van der Waals surface area contributed by atoms with E-state index < -0.39 is 0 Å². The van der Waals surface area contributed by atoms with E-state index in [1.165, 1.54) is 19.3 Å². The first-order valence-electron chi connectivity index (χ1n) is 9.30. The molecule has 4 rings (SSSR count). The molecule has 5 nitrogen and oxygen atoms in total. The molecule has 128 valence electrons. The monoisotopic (exact) mass is 326 g/mol. The molecule has 24 heavy (non-hydrogen) atoms.